The molecule has 0 aromatic heterocycles. The SMILES string of the molecule is COC(=O)c1ccc(CN2CCC(C)(O)C2)c(Br)c1. The molecule has 0 bridgehead atoms. The third kappa shape index (κ3) is 3.55. The van der Waals surface area contributed by atoms with Crippen molar-refractivity contribution in [1.29, 1.82) is 0 Å². The highest BCUT2D eigenvalue weighted by Crippen LogP contribution is 2.25. The zero-order chi connectivity index (χ0) is 14.0. The van der Waals surface area contributed by atoms with Crippen molar-refractivity contribution in [2.75, 3.05) is 20.2 Å². The molecule has 1 saturated heterocycles. The fourth-order valence-electron chi connectivity index (χ4n) is 2.34. The van der Waals surface area contributed by atoms with Crippen molar-refractivity contribution in [3.8, 4) is 0 Å². The molecule has 1 aliphatic rings. The van der Waals surface area contributed by atoms with Gasteiger partial charge in [-0.1, -0.05) is 22.0 Å². The zero-order valence-corrected chi connectivity index (χ0v) is 12.7. The number of benzene rings is 1. The number of ether oxygens (including phenoxy) is 1. The van der Waals surface area contributed by atoms with Gasteiger partial charge in [0.2, 0.25) is 0 Å². The van der Waals surface area contributed by atoms with Crippen LogP contribution in [0.2, 0.25) is 0 Å². The molecule has 1 aromatic rings. The van der Waals surface area contributed by atoms with Crippen LogP contribution in [0.3, 0.4) is 0 Å². The molecule has 1 heterocycles. The van der Waals surface area contributed by atoms with Crippen LogP contribution in [0.1, 0.15) is 29.3 Å². The Labute approximate surface area is 121 Å². The fourth-order valence-corrected chi connectivity index (χ4v) is 2.84. The minimum atomic E-state index is -0.585. The number of β-amino-alcohol motifs (C(OH)–C–C–N with tert-alkyl or cyclic N) is 1. The van der Waals surface area contributed by atoms with Crippen LogP contribution in [0.25, 0.3) is 0 Å². The van der Waals surface area contributed by atoms with E-state index < -0.39 is 5.60 Å². The lowest BCUT2D eigenvalue weighted by molar-refractivity contribution is 0.0600. The first-order valence-corrected chi connectivity index (χ1v) is 7.02. The largest absolute Gasteiger partial charge is 0.465 e. The van der Waals surface area contributed by atoms with Gasteiger partial charge < -0.3 is 9.84 Å². The normalized spacial score (nSPS) is 23.6. The maximum Gasteiger partial charge on any atom is 0.337 e. The van der Waals surface area contributed by atoms with Gasteiger partial charge in [0, 0.05) is 24.1 Å². The van der Waals surface area contributed by atoms with Gasteiger partial charge in [-0.2, -0.15) is 0 Å². The van der Waals surface area contributed by atoms with Crippen molar-refractivity contribution in [3.63, 3.8) is 0 Å². The van der Waals surface area contributed by atoms with E-state index in [-0.39, 0.29) is 5.97 Å². The minimum Gasteiger partial charge on any atom is -0.465 e. The second-order valence-electron chi connectivity index (χ2n) is 5.26. The lowest BCUT2D eigenvalue weighted by Gasteiger charge is -2.19. The molecule has 2 rings (SSSR count). The van der Waals surface area contributed by atoms with Gasteiger partial charge in [-0.25, -0.2) is 4.79 Å². The molecule has 1 fully saturated rings. The van der Waals surface area contributed by atoms with Gasteiger partial charge in [0.15, 0.2) is 0 Å². The number of halogens is 1. The second-order valence-corrected chi connectivity index (χ2v) is 6.11. The van der Waals surface area contributed by atoms with E-state index in [9.17, 15) is 9.90 Å². The van der Waals surface area contributed by atoms with Crippen LogP contribution in [0, 0.1) is 0 Å². The highest BCUT2D eigenvalue weighted by molar-refractivity contribution is 9.10. The van der Waals surface area contributed by atoms with Gasteiger partial charge in [0.1, 0.15) is 0 Å². The molecule has 5 heteroatoms. The van der Waals surface area contributed by atoms with Gasteiger partial charge >= 0.3 is 5.97 Å². The Kier molecular flexibility index (Phi) is 4.28. The number of esters is 1. The predicted molar refractivity (Wildman–Crippen MR) is 76.0 cm³/mol. The third-order valence-electron chi connectivity index (χ3n) is 3.40. The van der Waals surface area contributed by atoms with E-state index >= 15 is 0 Å². The maximum absolute atomic E-state index is 11.4. The van der Waals surface area contributed by atoms with Gasteiger partial charge in [0.25, 0.3) is 0 Å². The summed E-state index contributed by atoms with van der Waals surface area (Å²) in [6, 6.07) is 5.46. The zero-order valence-electron chi connectivity index (χ0n) is 11.1. The molecule has 0 amide bonds. The molecular weight excluding hydrogens is 310 g/mol. The summed E-state index contributed by atoms with van der Waals surface area (Å²) in [7, 11) is 1.37. The van der Waals surface area contributed by atoms with E-state index in [4.69, 9.17) is 0 Å². The van der Waals surface area contributed by atoms with E-state index in [2.05, 4.69) is 25.6 Å². The number of carbonyl (C=O) groups is 1. The van der Waals surface area contributed by atoms with Crippen molar-refractivity contribution in [2.45, 2.75) is 25.5 Å². The first-order valence-electron chi connectivity index (χ1n) is 6.23. The average molecular weight is 328 g/mol. The Morgan fingerprint density at radius 1 is 1.58 bits per heavy atom. The number of nitrogens with zero attached hydrogens (tertiary/aromatic N) is 1. The van der Waals surface area contributed by atoms with Crippen LogP contribution < -0.4 is 0 Å². The van der Waals surface area contributed by atoms with Crippen LogP contribution in [0.15, 0.2) is 22.7 Å². The summed E-state index contributed by atoms with van der Waals surface area (Å²) >= 11 is 3.48. The highest BCUT2D eigenvalue weighted by Gasteiger charge is 2.31. The van der Waals surface area contributed by atoms with Crippen molar-refractivity contribution < 1.29 is 14.6 Å². The van der Waals surface area contributed by atoms with E-state index in [0.29, 0.717) is 12.1 Å². The summed E-state index contributed by atoms with van der Waals surface area (Å²) < 4.78 is 5.58. The van der Waals surface area contributed by atoms with E-state index in [0.717, 1.165) is 29.5 Å². The number of carbonyl (C=O) groups excluding carboxylic acids is 1. The monoisotopic (exact) mass is 327 g/mol. The first-order chi connectivity index (χ1) is 8.91. The maximum atomic E-state index is 11.4. The van der Waals surface area contributed by atoms with Gasteiger partial charge in [-0.3, -0.25) is 4.90 Å². The van der Waals surface area contributed by atoms with Crippen LogP contribution >= 0.6 is 15.9 Å². The minimum absolute atomic E-state index is 0.337. The molecule has 0 radical (unpaired) electrons. The third-order valence-corrected chi connectivity index (χ3v) is 4.14. The Morgan fingerprint density at radius 3 is 2.84 bits per heavy atom. The molecule has 1 atom stereocenters. The van der Waals surface area contributed by atoms with E-state index in [1.54, 1.807) is 12.1 Å². The quantitative estimate of drug-likeness (QED) is 0.864. The van der Waals surface area contributed by atoms with Crippen LogP contribution in [-0.2, 0) is 11.3 Å². The Hall–Kier alpha value is -0.910. The number of likely N-dealkylation sites (tertiary alicyclic amines) is 1. The molecule has 104 valence electrons. The van der Waals surface area contributed by atoms with Crippen molar-refractivity contribution in [2.24, 2.45) is 0 Å². The summed E-state index contributed by atoms with van der Waals surface area (Å²) in [5.41, 5.74) is 1.05. The van der Waals surface area contributed by atoms with Crippen LogP contribution in [0.4, 0.5) is 0 Å². The number of methoxy groups -OCH3 is 1. The summed E-state index contributed by atoms with van der Waals surface area (Å²) in [6.07, 6.45) is 0.796. The molecule has 1 aromatic carbocycles. The number of rotatable bonds is 3. The molecule has 1 N–H and O–H groups in total. The smallest absolute Gasteiger partial charge is 0.337 e. The molecule has 1 aliphatic heterocycles. The van der Waals surface area contributed by atoms with Gasteiger partial charge in [-0.05, 0) is 31.0 Å². The van der Waals surface area contributed by atoms with Crippen molar-refractivity contribution in [3.05, 3.63) is 33.8 Å². The average Bonchev–Trinajstić information content (AvgIpc) is 2.70. The van der Waals surface area contributed by atoms with E-state index in [1.807, 2.05) is 13.0 Å². The second kappa shape index (κ2) is 5.61. The molecule has 0 saturated carbocycles. The highest BCUT2D eigenvalue weighted by atomic mass is 79.9. The van der Waals surface area contributed by atoms with Crippen LogP contribution in [0.5, 0.6) is 0 Å². The predicted octanol–water partition coefficient (Wildman–Crippen LogP) is 2.19. The Bertz CT molecular complexity index is 488. The summed E-state index contributed by atoms with van der Waals surface area (Å²) in [4.78, 5) is 13.6. The van der Waals surface area contributed by atoms with E-state index in [1.165, 1.54) is 7.11 Å². The molecule has 0 aliphatic carbocycles. The lowest BCUT2D eigenvalue weighted by Crippen LogP contribution is -2.29. The molecule has 0 spiro atoms. The summed E-state index contributed by atoms with van der Waals surface area (Å²) in [6.45, 7) is 4.19. The molecule has 19 heavy (non-hydrogen) atoms. The van der Waals surface area contributed by atoms with Crippen molar-refractivity contribution in [1.82, 2.24) is 4.90 Å². The topological polar surface area (TPSA) is 49.8 Å². The van der Waals surface area contributed by atoms with Crippen LogP contribution in [-0.4, -0.2) is 41.8 Å². The van der Waals surface area contributed by atoms with Crippen molar-refractivity contribution >= 4 is 21.9 Å². The number of hydrogen-bond donors (Lipinski definition) is 1. The Morgan fingerprint density at radius 2 is 2.32 bits per heavy atom. The first kappa shape index (κ1) is 14.5. The van der Waals surface area contributed by atoms with Gasteiger partial charge in [-0.15, -0.1) is 0 Å². The molecular formula is C14H18BrNO3. The fraction of sp³-hybridized carbons (Fsp3) is 0.500. The molecule has 4 nitrogen and oxygen atoms in total. The lowest BCUT2D eigenvalue weighted by atomic mass is 10.1. The number of aliphatic hydroxyl groups is 1. The standard InChI is InChI=1S/C14H18BrNO3/c1-14(18)5-6-16(9-14)8-11-4-3-10(7-12(11)15)13(17)19-2/h3-4,7,18H,5-6,8-9H2,1-2H3. The summed E-state index contributed by atoms with van der Waals surface area (Å²) in [5.74, 6) is -0.337. The summed E-state index contributed by atoms with van der Waals surface area (Å²) in [5, 5.41) is 9.95. The van der Waals surface area contributed by atoms with Gasteiger partial charge in [0.05, 0.1) is 18.3 Å². The number of hydrogen-bond acceptors (Lipinski definition) is 4. The Balaban J connectivity index is 2.08. The molecule has 1 unspecified atom stereocenters.